The number of nitrogens with one attached hydrogen (secondary N) is 2. The number of hydrogen-bond donors (Lipinski definition) is 2. The maximum Gasteiger partial charge on any atom is 0.242 e. The molecule has 4 nitrogen and oxygen atoms in total. The van der Waals surface area contributed by atoms with E-state index < -0.39 is 5.78 Å². The maximum absolute atomic E-state index is 11.3. The van der Waals surface area contributed by atoms with Crippen LogP contribution in [0.25, 0.3) is 0 Å². The molecule has 0 rings (SSSR count). The highest BCUT2D eigenvalue weighted by Crippen LogP contribution is 2.01. The Balaban J connectivity index is 4.88. The van der Waals surface area contributed by atoms with Crippen LogP contribution in [-0.4, -0.2) is 24.2 Å². The van der Waals surface area contributed by atoms with Gasteiger partial charge in [0, 0.05) is 17.8 Å². The second-order valence-corrected chi connectivity index (χ2v) is 4.08. The van der Waals surface area contributed by atoms with E-state index in [1.165, 1.54) is 0 Å². The predicted octanol–water partition coefficient (Wildman–Crippen LogP) is 0.982. The first-order chi connectivity index (χ1) is 6.88. The summed E-state index contributed by atoms with van der Waals surface area (Å²) in [6, 6.07) is 0.348. The van der Waals surface area contributed by atoms with Crippen molar-refractivity contribution >= 4 is 12.1 Å². The van der Waals surface area contributed by atoms with E-state index in [9.17, 15) is 9.59 Å². The third-order valence-electron chi connectivity index (χ3n) is 1.67. The van der Waals surface area contributed by atoms with Crippen LogP contribution in [-0.2, 0) is 9.59 Å². The van der Waals surface area contributed by atoms with Crippen LogP contribution in [0.1, 0.15) is 34.6 Å². The van der Waals surface area contributed by atoms with Gasteiger partial charge in [0.05, 0.1) is 0 Å². The Morgan fingerprint density at radius 2 is 1.53 bits per heavy atom. The fraction of sp³-hybridized carbons (Fsp3) is 0.636. The largest absolute Gasteiger partial charge is 0.385 e. The number of Topliss-reactive ketones (excluding diaryl/α,β-unsaturated/α-hetero) is 1. The van der Waals surface area contributed by atoms with E-state index in [1.54, 1.807) is 6.92 Å². The second-order valence-electron chi connectivity index (χ2n) is 4.08. The quantitative estimate of drug-likeness (QED) is 0.391. The lowest BCUT2D eigenvalue weighted by Gasteiger charge is -2.17. The molecule has 0 aromatic carbocycles. The molecule has 0 heterocycles. The fourth-order valence-corrected chi connectivity index (χ4v) is 1.22. The molecular weight excluding hydrogens is 192 g/mol. The topological polar surface area (TPSA) is 58.2 Å². The Hall–Kier alpha value is -1.32. The molecule has 0 radical (unpaired) electrons. The molecule has 0 saturated carbocycles. The van der Waals surface area contributed by atoms with E-state index in [-0.39, 0.29) is 12.1 Å². The molecule has 0 spiro atoms. The van der Waals surface area contributed by atoms with E-state index in [4.69, 9.17) is 0 Å². The van der Waals surface area contributed by atoms with Crippen LogP contribution in [0.3, 0.4) is 0 Å². The molecule has 0 saturated heterocycles. The monoisotopic (exact) mass is 212 g/mol. The van der Waals surface area contributed by atoms with Crippen LogP contribution in [0.2, 0.25) is 0 Å². The minimum absolute atomic E-state index is 0.118. The number of allylic oxidation sites excluding steroid dienone is 2. The summed E-state index contributed by atoms with van der Waals surface area (Å²) < 4.78 is 0. The maximum atomic E-state index is 11.3. The predicted molar refractivity (Wildman–Crippen MR) is 60.3 cm³/mol. The number of ketones is 1. The Morgan fingerprint density at radius 3 is 1.87 bits per heavy atom. The summed E-state index contributed by atoms with van der Waals surface area (Å²) in [5.41, 5.74) is 1.06. The minimum Gasteiger partial charge on any atom is -0.385 e. The van der Waals surface area contributed by atoms with Crippen LogP contribution < -0.4 is 10.6 Å². The molecule has 0 fully saturated rings. The zero-order valence-electron chi connectivity index (χ0n) is 10.0. The van der Waals surface area contributed by atoms with Crippen molar-refractivity contribution in [3.8, 4) is 0 Å². The van der Waals surface area contributed by atoms with Crippen molar-refractivity contribution in [2.24, 2.45) is 0 Å². The average Bonchev–Trinajstić information content (AvgIpc) is 2.11. The zero-order chi connectivity index (χ0) is 12.0. The first-order valence-corrected chi connectivity index (χ1v) is 5.12. The van der Waals surface area contributed by atoms with Crippen molar-refractivity contribution in [2.45, 2.75) is 46.7 Å². The smallest absolute Gasteiger partial charge is 0.242 e. The summed E-state index contributed by atoms with van der Waals surface area (Å²) >= 11 is 0. The summed E-state index contributed by atoms with van der Waals surface area (Å²) in [6.45, 7) is 9.57. The van der Waals surface area contributed by atoms with Gasteiger partial charge in [-0.1, -0.05) is 0 Å². The molecule has 2 N–H and O–H groups in total. The molecule has 15 heavy (non-hydrogen) atoms. The van der Waals surface area contributed by atoms with Crippen LogP contribution in [0.15, 0.2) is 11.4 Å². The van der Waals surface area contributed by atoms with Gasteiger partial charge in [0.25, 0.3) is 0 Å². The highest BCUT2D eigenvalue weighted by atomic mass is 16.2. The van der Waals surface area contributed by atoms with Gasteiger partial charge in [-0.2, -0.15) is 0 Å². The van der Waals surface area contributed by atoms with Crippen molar-refractivity contribution in [3.05, 3.63) is 11.4 Å². The van der Waals surface area contributed by atoms with Crippen molar-refractivity contribution in [1.82, 2.24) is 10.6 Å². The summed E-state index contributed by atoms with van der Waals surface area (Å²) in [5, 5.41) is 6.07. The highest BCUT2D eigenvalue weighted by Gasteiger charge is 2.13. The average molecular weight is 212 g/mol. The number of hydrogen-bond acceptors (Lipinski definition) is 4. The Morgan fingerprint density at radius 1 is 1.07 bits per heavy atom. The lowest BCUT2D eigenvalue weighted by atomic mass is 10.2. The molecule has 4 heteroatoms. The summed E-state index contributed by atoms with van der Waals surface area (Å²) in [6.07, 6.45) is 0.330. The molecule has 0 aliphatic heterocycles. The molecule has 0 aliphatic rings. The van der Waals surface area contributed by atoms with E-state index in [2.05, 4.69) is 10.6 Å². The minimum atomic E-state index is -0.519. The third kappa shape index (κ3) is 5.20. The molecule has 0 bridgehead atoms. The van der Waals surface area contributed by atoms with Gasteiger partial charge in [-0.15, -0.1) is 0 Å². The van der Waals surface area contributed by atoms with Gasteiger partial charge < -0.3 is 10.6 Å². The van der Waals surface area contributed by atoms with Gasteiger partial charge in [-0.05, 0) is 34.6 Å². The Kier molecular flexibility index (Phi) is 5.67. The zero-order valence-corrected chi connectivity index (χ0v) is 10.0. The SMILES string of the molecule is C/C(NC(C)C)=C(/NC(C)C)C(=O)C=O. The van der Waals surface area contributed by atoms with Crippen LogP contribution in [0.5, 0.6) is 0 Å². The first kappa shape index (κ1) is 13.7. The normalized spacial score (nSPS) is 12.5. The van der Waals surface area contributed by atoms with Crippen LogP contribution in [0.4, 0.5) is 0 Å². The molecular formula is C11H20N2O2. The van der Waals surface area contributed by atoms with Gasteiger partial charge in [-0.25, -0.2) is 0 Å². The van der Waals surface area contributed by atoms with Gasteiger partial charge in [0.1, 0.15) is 5.70 Å². The Labute approximate surface area is 91.1 Å². The molecule has 0 unspecified atom stereocenters. The molecule has 86 valence electrons. The number of rotatable bonds is 6. The lowest BCUT2D eigenvalue weighted by molar-refractivity contribution is -0.127. The number of carbonyl (C=O) groups excluding carboxylic acids is 2. The first-order valence-electron chi connectivity index (χ1n) is 5.12. The van der Waals surface area contributed by atoms with E-state index in [0.717, 1.165) is 0 Å². The molecule has 0 atom stereocenters. The van der Waals surface area contributed by atoms with Gasteiger partial charge >= 0.3 is 0 Å². The molecule has 0 aliphatic carbocycles. The lowest BCUT2D eigenvalue weighted by Crippen LogP contribution is -2.33. The van der Waals surface area contributed by atoms with Gasteiger partial charge in [0.15, 0.2) is 6.29 Å². The standard InChI is InChI=1S/C11H20N2O2/c1-7(2)12-9(5)11(10(15)6-14)13-8(3)4/h6-8,12-13H,1-5H3/b11-9-. The van der Waals surface area contributed by atoms with Gasteiger partial charge in [-0.3, -0.25) is 9.59 Å². The molecule has 0 aromatic heterocycles. The molecule has 0 amide bonds. The number of aldehydes is 1. The van der Waals surface area contributed by atoms with E-state index in [1.807, 2.05) is 27.7 Å². The fourth-order valence-electron chi connectivity index (χ4n) is 1.22. The van der Waals surface area contributed by atoms with Crippen LogP contribution in [0, 0.1) is 0 Å². The summed E-state index contributed by atoms with van der Waals surface area (Å²) in [5.74, 6) is -0.519. The number of carbonyl (C=O) groups is 2. The van der Waals surface area contributed by atoms with Crippen LogP contribution >= 0.6 is 0 Å². The third-order valence-corrected chi connectivity index (χ3v) is 1.67. The summed E-state index contributed by atoms with van der Waals surface area (Å²) in [7, 11) is 0. The van der Waals surface area contributed by atoms with E-state index >= 15 is 0 Å². The van der Waals surface area contributed by atoms with Crippen molar-refractivity contribution < 1.29 is 9.59 Å². The van der Waals surface area contributed by atoms with Crippen molar-refractivity contribution in [2.75, 3.05) is 0 Å². The Bertz CT molecular complexity index is 268. The van der Waals surface area contributed by atoms with Crippen molar-refractivity contribution in [3.63, 3.8) is 0 Å². The molecule has 0 aromatic rings. The van der Waals surface area contributed by atoms with E-state index in [0.29, 0.717) is 17.7 Å². The second kappa shape index (κ2) is 6.22. The van der Waals surface area contributed by atoms with Gasteiger partial charge in [0.2, 0.25) is 5.78 Å². The summed E-state index contributed by atoms with van der Waals surface area (Å²) in [4.78, 5) is 21.8. The highest BCUT2D eigenvalue weighted by molar-refractivity contribution is 6.33. The van der Waals surface area contributed by atoms with Crippen molar-refractivity contribution in [1.29, 1.82) is 0 Å².